The van der Waals surface area contributed by atoms with Gasteiger partial charge in [0.2, 0.25) is 11.5 Å². The quantitative estimate of drug-likeness (QED) is 0.593. The number of hydrogen-bond acceptors (Lipinski definition) is 5. The molecule has 1 heterocycles. The van der Waals surface area contributed by atoms with Crippen LogP contribution in [0.4, 0.5) is 0 Å². The van der Waals surface area contributed by atoms with Gasteiger partial charge in [0.05, 0.1) is 7.11 Å². The largest absolute Gasteiger partial charge is 0.464 e. The monoisotopic (exact) mass is 231 g/mol. The predicted octanol–water partition coefficient (Wildman–Crippen LogP) is 1.69. The fraction of sp³-hybridized carbons (Fsp3) is 0.0833. The van der Waals surface area contributed by atoms with Gasteiger partial charge in [-0.15, -0.1) is 0 Å². The van der Waals surface area contributed by atoms with Crippen LogP contribution in [0.15, 0.2) is 40.9 Å². The maximum absolute atomic E-state index is 11.9. The van der Waals surface area contributed by atoms with E-state index in [2.05, 4.69) is 9.89 Å². The molecule has 0 spiro atoms. The van der Waals surface area contributed by atoms with Gasteiger partial charge in [-0.3, -0.25) is 4.79 Å². The van der Waals surface area contributed by atoms with Crippen LogP contribution in [0.3, 0.4) is 0 Å². The lowest BCUT2D eigenvalue weighted by Gasteiger charge is -1.94. The minimum absolute atomic E-state index is 0.0107. The number of benzene rings is 1. The maximum atomic E-state index is 11.9. The van der Waals surface area contributed by atoms with Gasteiger partial charge in [0.1, 0.15) is 0 Å². The summed E-state index contributed by atoms with van der Waals surface area (Å²) in [5.74, 6) is -0.953. The van der Waals surface area contributed by atoms with E-state index < -0.39 is 5.97 Å². The average molecular weight is 231 g/mol. The lowest BCUT2D eigenvalue weighted by atomic mass is 10.1. The topological polar surface area (TPSA) is 69.4 Å². The minimum Gasteiger partial charge on any atom is -0.464 e. The number of carbonyl (C=O) groups excluding carboxylic acids is 2. The standard InChI is InChI=1S/C12H9NO4/c1-16-12(15)9-7-10(17-13-9)11(14)8-5-3-2-4-6-8/h2-7H,1H3. The molecule has 0 aliphatic carbocycles. The van der Waals surface area contributed by atoms with E-state index in [1.54, 1.807) is 30.3 Å². The molecule has 5 nitrogen and oxygen atoms in total. The molecule has 0 N–H and O–H groups in total. The number of ether oxygens (including phenoxy) is 1. The van der Waals surface area contributed by atoms with Crippen molar-refractivity contribution in [3.8, 4) is 0 Å². The molecule has 0 amide bonds. The third kappa shape index (κ3) is 2.23. The van der Waals surface area contributed by atoms with Crippen LogP contribution in [-0.4, -0.2) is 24.0 Å². The number of ketones is 1. The zero-order chi connectivity index (χ0) is 12.3. The maximum Gasteiger partial charge on any atom is 0.360 e. The number of aromatic nitrogens is 1. The summed E-state index contributed by atoms with van der Waals surface area (Å²) in [6.07, 6.45) is 0. The van der Waals surface area contributed by atoms with Gasteiger partial charge in [-0.05, 0) is 0 Å². The van der Waals surface area contributed by atoms with Gasteiger partial charge in [-0.1, -0.05) is 35.5 Å². The Balaban J connectivity index is 2.27. The lowest BCUT2D eigenvalue weighted by Crippen LogP contribution is -2.01. The van der Waals surface area contributed by atoms with Crippen molar-refractivity contribution in [3.05, 3.63) is 53.4 Å². The van der Waals surface area contributed by atoms with Crippen molar-refractivity contribution >= 4 is 11.8 Å². The summed E-state index contributed by atoms with van der Waals surface area (Å²) >= 11 is 0. The second-order valence-corrected chi connectivity index (χ2v) is 3.26. The molecule has 0 saturated carbocycles. The van der Waals surface area contributed by atoms with Crippen molar-refractivity contribution in [2.24, 2.45) is 0 Å². The van der Waals surface area contributed by atoms with Crippen molar-refractivity contribution in [3.63, 3.8) is 0 Å². The highest BCUT2D eigenvalue weighted by molar-refractivity contribution is 6.07. The van der Waals surface area contributed by atoms with Gasteiger partial charge in [-0.2, -0.15) is 0 Å². The van der Waals surface area contributed by atoms with Crippen LogP contribution in [-0.2, 0) is 4.74 Å². The summed E-state index contributed by atoms with van der Waals surface area (Å²) in [6, 6.07) is 9.86. The van der Waals surface area contributed by atoms with Crippen LogP contribution in [0.5, 0.6) is 0 Å². The van der Waals surface area contributed by atoms with E-state index >= 15 is 0 Å². The Morgan fingerprint density at radius 1 is 1.24 bits per heavy atom. The Labute approximate surface area is 97.0 Å². The first-order chi connectivity index (χ1) is 8.22. The molecule has 2 rings (SSSR count). The van der Waals surface area contributed by atoms with Crippen LogP contribution < -0.4 is 0 Å². The molecule has 0 aliphatic rings. The van der Waals surface area contributed by atoms with Crippen molar-refractivity contribution in [2.75, 3.05) is 7.11 Å². The van der Waals surface area contributed by atoms with Gasteiger partial charge >= 0.3 is 5.97 Å². The molecule has 0 aliphatic heterocycles. The van der Waals surface area contributed by atoms with E-state index in [0.29, 0.717) is 5.56 Å². The molecule has 0 atom stereocenters. The highest BCUT2D eigenvalue weighted by Gasteiger charge is 2.18. The Morgan fingerprint density at radius 2 is 1.94 bits per heavy atom. The molecule has 0 saturated heterocycles. The molecule has 86 valence electrons. The SMILES string of the molecule is COC(=O)c1cc(C(=O)c2ccccc2)on1. The minimum atomic E-state index is -0.638. The summed E-state index contributed by atoms with van der Waals surface area (Å²) in [5.41, 5.74) is 0.451. The molecule has 2 aromatic rings. The second kappa shape index (κ2) is 4.61. The Bertz CT molecular complexity index is 545. The highest BCUT2D eigenvalue weighted by Crippen LogP contribution is 2.11. The van der Waals surface area contributed by atoms with Crippen LogP contribution in [0.25, 0.3) is 0 Å². The summed E-state index contributed by atoms with van der Waals surface area (Å²) in [4.78, 5) is 23.0. The van der Waals surface area contributed by atoms with E-state index in [-0.39, 0.29) is 17.2 Å². The Kier molecular flexibility index (Phi) is 3.00. The van der Waals surface area contributed by atoms with Gasteiger partial charge in [0, 0.05) is 11.6 Å². The van der Waals surface area contributed by atoms with E-state index in [0.717, 1.165) is 0 Å². The molecule has 1 aromatic carbocycles. The van der Waals surface area contributed by atoms with E-state index in [4.69, 9.17) is 4.52 Å². The first kappa shape index (κ1) is 11.1. The number of carbonyl (C=O) groups is 2. The van der Waals surface area contributed by atoms with Gasteiger partial charge < -0.3 is 9.26 Å². The van der Waals surface area contributed by atoms with Gasteiger partial charge in [0.25, 0.3) is 0 Å². The molecule has 0 bridgehead atoms. The lowest BCUT2D eigenvalue weighted by molar-refractivity contribution is 0.0588. The molecule has 0 fully saturated rings. The number of rotatable bonds is 3. The fourth-order valence-corrected chi connectivity index (χ4v) is 1.31. The summed E-state index contributed by atoms with van der Waals surface area (Å²) < 4.78 is 9.27. The highest BCUT2D eigenvalue weighted by atomic mass is 16.5. The Hall–Kier alpha value is -2.43. The molecule has 1 aromatic heterocycles. The van der Waals surface area contributed by atoms with E-state index in [9.17, 15) is 9.59 Å². The molecule has 17 heavy (non-hydrogen) atoms. The number of hydrogen-bond donors (Lipinski definition) is 0. The summed E-state index contributed by atoms with van der Waals surface area (Å²) in [7, 11) is 1.23. The first-order valence-electron chi connectivity index (χ1n) is 4.87. The van der Waals surface area contributed by atoms with Crippen molar-refractivity contribution in [2.45, 2.75) is 0 Å². The fourth-order valence-electron chi connectivity index (χ4n) is 1.31. The number of nitrogens with zero attached hydrogens (tertiary/aromatic N) is 1. The van der Waals surface area contributed by atoms with Crippen molar-refractivity contribution in [1.29, 1.82) is 0 Å². The Morgan fingerprint density at radius 3 is 2.59 bits per heavy atom. The zero-order valence-corrected chi connectivity index (χ0v) is 9.04. The van der Waals surface area contributed by atoms with Crippen molar-refractivity contribution in [1.82, 2.24) is 5.16 Å². The van der Waals surface area contributed by atoms with Crippen LogP contribution >= 0.6 is 0 Å². The second-order valence-electron chi connectivity index (χ2n) is 3.26. The van der Waals surface area contributed by atoms with Crippen LogP contribution in [0.2, 0.25) is 0 Å². The summed E-state index contributed by atoms with van der Waals surface area (Å²) in [6.45, 7) is 0. The van der Waals surface area contributed by atoms with Gasteiger partial charge in [0.15, 0.2) is 5.69 Å². The number of esters is 1. The smallest absolute Gasteiger partial charge is 0.360 e. The normalized spacial score (nSPS) is 9.94. The zero-order valence-electron chi connectivity index (χ0n) is 9.04. The molecular weight excluding hydrogens is 222 g/mol. The summed E-state index contributed by atoms with van der Waals surface area (Å²) in [5, 5.41) is 3.46. The third-order valence-corrected chi connectivity index (χ3v) is 2.16. The van der Waals surface area contributed by atoms with Crippen molar-refractivity contribution < 1.29 is 18.8 Å². The third-order valence-electron chi connectivity index (χ3n) is 2.16. The van der Waals surface area contributed by atoms with E-state index in [1.807, 2.05) is 0 Å². The average Bonchev–Trinajstić information content (AvgIpc) is 2.87. The predicted molar refractivity (Wildman–Crippen MR) is 57.7 cm³/mol. The van der Waals surface area contributed by atoms with E-state index in [1.165, 1.54) is 13.2 Å². The molecule has 5 heteroatoms. The first-order valence-corrected chi connectivity index (χ1v) is 4.87. The van der Waals surface area contributed by atoms with Crippen LogP contribution in [0.1, 0.15) is 26.6 Å². The van der Waals surface area contributed by atoms with Gasteiger partial charge in [-0.25, -0.2) is 4.79 Å². The molecule has 0 unspecified atom stereocenters. The molecule has 0 radical (unpaired) electrons. The van der Waals surface area contributed by atoms with Crippen LogP contribution in [0, 0.1) is 0 Å². The number of methoxy groups -OCH3 is 1. The molecular formula is C12H9NO4.